The number of rotatable bonds is 0. The molecule has 0 amide bonds. The van der Waals surface area contributed by atoms with Crippen molar-refractivity contribution in [2.24, 2.45) is 11.8 Å². The molecule has 0 radical (unpaired) electrons. The van der Waals surface area contributed by atoms with Gasteiger partial charge in [0.2, 0.25) is 0 Å². The van der Waals surface area contributed by atoms with Crippen molar-refractivity contribution in [2.75, 3.05) is 0 Å². The molecule has 1 fully saturated rings. The first kappa shape index (κ1) is 13.1. The number of esters is 1. The molecule has 1 saturated carbocycles. The highest BCUT2D eigenvalue weighted by molar-refractivity contribution is 5.88. The second-order valence-corrected chi connectivity index (χ2v) is 5.64. The van der Waals surface area contributed by atoms with E-state index in [1.165, 1.54) is 19.3 Å². The van der Waals surface area contributed by atoms with Crippen molar-refractivity contribution in [1.29, 1.82) is 0 Å². The number of ether oxygens (including phenoxy) is 1. The average molecular weight is 222 g/mol. The summed E-state index contributed by atoms with van der Waals surface area (Å²) in [6, 6.07) is 0. The molecular weight excluding hydrogens is 200 g/mol. The molecule has 0 spiro atoms. The van der Waals surface area contributed by atoms with Gasteiger partial charge in [-0.15, -0.1) is 0 Å². The topological polar surface area (TPSA) is 26.3 Å². The summed E-state index contributed by atoms with van der Waals surface area (Å²) in [7, 11) is 0. The minimum Gasteiger partial charge on any atom is -0.450 e. The molecule has 1 rings (SSSR count). The fourth-order valence-corrected chi connectivity index (χ4v) is 1.99. The summed E-state index contributed by atoms with van der Waals surface area (Å²) in [6.45, 7) is 7.79. The van der Waals surface area contributed by atoms with Crippen molar-refractivity contribution in [3.8, 4) is 11.8 Å². The van der Waals surface area contributed by atoms with Crippen LogP contribution in [0.1, 0.15) is 53.4 Å². The van der Waals surface area contributed by atoms with Crippen LogP contribution in [-0.4, -0.2) is 11.6 Å². The minimum atomic E-state index is -0.441. The smallest absolute Gasteiger partial charge is 0.384 e. The van der Waals surface area contributed by atoms with Crippen LogP contribution >= 0.6 is 0 Å². The number of carbonyl (C=O) groups excluding carboxylic acids is 1. The third kappa shape index (κ3) is 4.70. The molecular formula is C14H22O2. The lowest BCUT2D eigenvalue weighted by molar-refractivity contribution is -0.147. The average Bonchev–Trinajstić information content (AvgIpc) is 2.14. The predicted molar refractivity (Wildman–Crippen MR) is 64.7 cm³/mol. The Balaban J connectivity index is 2.49. The number of carbonyl (C=O) groups is 1. The van der Waals surface area contributed by atoms with E-state index in [0.717, 1.165) is 6.42 Å². The zero-order valence-electron chi connectivity index (χ0n) is 10.8. The Labute approximate surface area is 98.8 Å². The lowest BCUT2D eigenvalue weighted by Gasteiger charge is -2.24. The summed E-state index contributed by atoms with van der Waals surface area (Å²) in [5.41, 5.74) is -0.441. The lowest BCUT2D eigenvalue weighted by atomic mass is 9.81. The summed E-state index contributed by atoms with van der Waals surface area (Å²) >= 11 is 0. The van der Waals surface area contributed by atoms with Gasteiger partial charge < -0.3 is 4.74 Å². The second-order valence-electron chi connectivity index (χ2n) is 5.64. The van der Waals surface area contributed by atoms with Crippen LogP contribution in [0.25, 0.3) is 0 Å². The Hall–Kier alpha value is -0.970. The van der Waals surface area contributed by atoms with Gasteiger partial charge in [0.25, 0.3) is 0 Å². The van der Waals surface area contributed by atoms with E-state index in [2.05, 4.69) is 18.8 Å². The summed E-state index contributed by atoms with van der Waals surface area (Å²) < 4.78 is 5.15. The first-order valence-corrected chi connectivity index (χ1v) is 6.13. The minimum absolute atomic E-state index is 0.376. The molecule has 0 saturated heterocycles. The van der Waals surface area contributed by atoms with E-state index >= 15 is 0 Å². The van der Waals surface area contributed by atoms with Gasteiger partial charge in [0.15, 0.2) is 0 Å². The molecule has 1 aliphatic rings. The highest BCUT2D eigenvalue weighted by atomic mass is 16.6. The highest BCUT2D eigenvalue weighted by Crippen LogP contribution is 2.28. The van der Waals surface area contributed by atoms with Crippen LogP contribution in [-0.2, 0) is 9.53 Å². The largest absolute Gasteiger partial charge is 0.450 e. The van der Waals surface area contributed by atoms with Crippen LogP contribution < -0.4 is 0 Å². The summed E-state index contributed by atoms with van der Waals surface area (Å²) in [4.78, 5) is 11.4. The Morgan fingerprint density at radius 2 is 1.88 bits per heavy atom. The molecule has 0 heterocycles. The summed E-state index contributed by atoms with van der Waals surface area (Å²) in [5, 5.41) is 0. The maximum atomic E-state index is 11.4. The Morgan fingerprint density at radius 3 is 2.44 bits per heavy atom. The fourth-order valence-electron chi connectivity index (χ4n) is 1.99. The van der Waals surface area contributed by atoms with Crippen LogP contribution in [0.15, 0.2) is 0 Å². The molecule has 0 aromatic rings. The molecule has 1 aliphatic carbocycles. The van der Waals surface area contributed by atoms with E-state index in [-0.39, 0.29) is 0 Å². The van der Waals surface area contributed by atoms with E-state index < -0.39 is 11.6 Å². The van der Waals surface area contributed by atoms with Crippen molar-refractivity contribution in [3.63, 3.8) is 0 Å². The third-order valence-electron chi connectivity index (χ3n) is 2.87. The van der Waals surface area contributed by atoms with Gasteiger partial charge in [-0.05, 0) is 39.5 Å². The first-order chi connectivity index (χ1) is 7.38. The van der Waals surface area contributed by atoms with Gasteiger partial charge in [-0.1, -0.05) is 25.7 Å². The maximum absolute atomic E-state index is 11.4. The molecule has 2 heteroatoms. The molecule has 0 aromatic carbocycles. The van der Waals surface area contributed by atoms with Gasteiger partial charge in [0.1, 0.15) is 5.60 Å². The van der Waals surface area contributed by atoms with Gasteiger partial charge in [-0.3, -0.25) is 0 Å². The number of hydrogen-bond donors (Lipinski definition) is 0. The lowest BCUT2D eigenvalue weighted by Crippen LogP contribution is -2.23. The van der Waals surface area contributed by atoms with Crippen molar-refractivity contribution in [2.45, 2.75) is 59.0 Å². The van der Waals surface area contributed by atoms with Crippen molar-refractivity contribution < 1.29 is 9.53 Å². The monoisotopic (exact) mass is 222 g/mol. The van der Waals surface area contributed by atoms with E-state index in [1.807, 2.05) is 20.8 Å². The van der Waals surface area contributed by atoms with E-state index in [9.17, 15) is 4.79 Å². The Morgan fingerprint density at radius 1 is 1.25 bits per heavy atom. The SMILES string of the molecule is C[C@@H]1CCCCC1C#CC(=O)OC(C)(C)C. The van der Waals surface area contributed by atoms with Crippen LogP contribution in [0.3, 0.4) is 0 Å². The van der Waals surface area contributed by atoms with Crippen LogP contribution in [0.5, 0.6) is 0 Å². The van der Waals surface area contributed by atoms with Gasteiger partial charge in [0, 0.05) is 11.8 Å². The normalized spacial score (nSPS) is 25.5. The van der Waals surface area contributed by atoms with Crippen LogP contribution in [0, 0.1) is 23.7 Å². The molecule has 2 atom stereocenters. The maximum Gasteiger partial charge on any atom is 0.384 e. The Kier molecular flexibility index (Phi) is 4.41. The standard InChI is InChI=1S/C14H22O2/c1-11-7-5-6-8-12(11)9-10-13(15)16-14(2,3)4/h11-12H,5-8H2,1-4H3/t11-,12?/m1/s1. The number of hydrogen-bond acceptors (Lipinski definition) is 2. The molecule has 90 valence electrons. The van der Waals surface area contributed by atoms with Gasteiger partial charge in [0.05, 0.1) is 0 Å². The third-order valence-corrected chi connectivity index (χ3v) is 2.87. The quantitative estimate of drug-likeness (QED) is 0.357. The summed E-state index contributed by atoms with van der Waals surface area (Å²) in [5.74, 6) is 6.29. The molecule has 2 nitrogen and oxygen atoms in total. The zero-order chi connectivity index (χ0) is 12.2. The van der Waals surface area contributed by atoms with Crippen molar-refractivity contribution in [1.82, 2.24) is 0 Å². The van der Waals surface area contributed by atoms with Crippen molar-refractivity contribution >= 4 is 5.97 Å². The molecule has 0 aromatic heterocycles. The van der Waals surface area contributed by atoms with E-state index in [1.54, 1.807) is 0 Å². The van der Waals surface area contributed by atoms with E-state index in [4.69, 9.17) is 4.74 Å². The van der Waals surface area contributed by atoms with Gasteiger partial charge in [-0.2, -0.15) is 0 Å². The fraction of sp³-hybridized carbons (Fsp3) is 0.786. The predicted octanol–water partition coefficient (Wildman–Crippen LogP) is 3.16. The highest BCUT2D eigenvalue weighted by Gasteiger charge is 2.20. The zero-order valence-corrected chi connectivity index (χ0v) is 10.8. The van der Waals surface area contributed by atoms with Crippen molar-refractivity contribution in [3.05, 3.63) is 0 Å². The second kappa shape index (κ2) is 5.39. The first-order valence-electron chi connectivity index (χ1n) is 6.13. The molecule has 0 aliphatic heterocycles. The molecule has 16 heavy (non-hydrogen) atoms. The van der Waals surface area contributed by atoms with Crippen LogP contribution in [0.2, 0.25) is 0 Å². The molecule has 0 N–H and O–H groups in total. The van der Waals surface area contributed by atoms with Gasteiger partial charge in [-0.25, -0.2) is 4.79 Å². The summed E-state index contributed by atoms with van der Waals surface area (Å²) in [6.07, 6.45) is 4.88. The van der Waals surface area contributed by atoms with Crippen LogP contribution in [0.4, 0.5) is 0 Å². The Bertz CT molecular complexity index is 301. The van der Waals surface area contributed by atoms with E-state index in [0.29, 0.717) is 11.8 Å². The molecule has 1 unspecified atom stereocenters. The van der Waals surface area contributed by atoms with Gasteiger partial charge >= 0.3 is 5.97 Å². The molecule has 0 bridgehead atoms.